The van der Waals surface area contributed by atoms with E-state index >= 15 is 0 Å². The summed E-state index contributed by atoms with van der Waals surface area (Å²) in [5, 5.41) is 0.374. The lowest BCUT2D eigenvalue weighted by molar-refractivity contribution is 0.111. The lowest BCUT2D eigenvalue weighted by Crippen LogP contribution is -1.89. The fourth-order valence-electron chi connectivity index (χ4n) is 1.28. The molecule has 0 aromatic carbocycles. The summed E-state index contributed by atoms with van der Waals surface area (Å²) < 4.78 is 5.18. The average molecular weight is 183 g/mol. The van der Waals surface area contributed by atoms with Gasteiger partial charge in [0.05, 0.1) is 5.25 Å². The van der Waals surface area contributed by atoms with Crippen molar-refractivity contribution in [2.75, 3.05) is 5.75 Å². The molecule has 12 heavy (non-hydrogen) atoms. The van der Waals surface area contributed by atoms with Gasteiger partial charge in [-0.2, -0.15) is 0 Å². The van der Waals surface area contributed by atoms with Crippen LogP contribution >= 0.6 is 11.8 Å². The molecule has 0 N–H and O–H groups in total. The standard InChI is InChI=1S/C8H9NO2S/c10-4-6-5-11-8(9-6)7-2-1-3-12-7/h4-5,7H,1-3H2. The predicted molar refractivity (Wildman–Crippen MR) is 46.3 cm³/mol. The van der Waals surface area contributed by atoms with E-state index in [9.17, 15) is 4.79 Å². The van der Waals surface area contributed by atoms with Crippen LogP contribution in [0.15, 0.2) is 10.7 Å². The smallest absolute Gasteiger partial charge is 0.207 e. The Kier molecular flexibility index (Phi) is 2.17. The Morgan fingerprint density at radius 3 is 3.25 bits per heavy atom. The van der Waals surface area contributed by atoms with E-state index in [1.165, 1.54) is 18.4 Å². The molecule has 4 heteroatoms. The third-order valence-electron chi connectivity index (χ3n) is 1.87. The van der Waals surface area contributed by atoms with Crippen molar-refractivity contribution >= 4 is 18.0 Å². The second kappa shape index (κ2) is 3.31. The maximum Gasteiger partial charge on any atom is 0.207 e. The van der Waals surface area contributed by atoms with Gasteiger partial charge in [-0.05, 0) is 18.6 Å². The zero-order chi connectivity index (χ0) is 8.39. The normalized spacial score (nSPS) is 22.8. The largest absolute Gasteiger partial charge is 0.447 e. The maximum absolute atomic E-state index is 10.3. The second-order valence-electron chi connectivity index (χ2n) is 2.73. The molecule has 0 bridgehead atoms. The number of aromatic nitrogens is 1. The Balaban J connectivity index is 2.16. The number of carbonyl (C=O) groups excluding carboxylic acids is 1. The van der Waals surface area contributed by atoms with Crippen LogP contribution in [0.3, 0.4) is 0 Å². The van der Waals surface area contributed by atoms with Gasteiger partial charge >= 0.3 is 0 Å². The molecule has 1 aliphatic rings. The van der Waals surface area contributed by atoms with Crippen molar-refractivity contribution < 1.29 is 9.21 Å². The van der Waals surface area contributed by atoms with E-state index in [-0.39, 0.29) is 0 Å². The molecule has 0 aliphatic carbocycles. The first kappa shape index (κ1) is 7.86. The summed E-state index contributed by atoms with van der Waals surface area (Å²) in [6.07, 6.45) is 4.46. The van der Waals surface area contributed by atoms with Crippen LogP contribution in [0, 0.1) is 0 Å². The first-order valence-electron chi connectivity index (χ1n) is 3.92. The molecule has 2 rings (SSSR count). The average Bonchev–Trinajstić information content (AvgIpc) is 2.75. The van der Waals surface area contributed by atoms with E-state index < -0.39 is 0 Å². The second-order valence-corrected chi connectivity index (χ2v) is 4.04. The third-order valence-corrected chi connectivity index (χ3v) is 3.23. The fourth-order valence-corrected chi connectivity index (χ4v) is 2.48. The number of thioether (sulfide) groups is 1. The summed E-state index contributed by atoms with van der Waals surface area (Å²) in [4.78, 5) is 14.4. The minimum atomic E-state index is 0.374. The van der Waals surface area contributed by atoms with E-state index in [1.54, 1.807) is 0 Å². The van der Waals surface area contributed by atoms with Gasteiger partial charge in [0.25, 0.3) is 0 Å². The minimum Gasteiger partial charge on any atom is -0.447 e. The molecule has 0 amide bonds. The van der Waals surface area contributed by atoms with Crippen LogP contribution in [0.5, 0.6) is 0 Å². The Labute approximate surface area is 74.5 Å². The van der Waals surface area contributed by atoms with Crippen LogP contribution in [0.1, 0.15) is 34.5 Å². The Bertz CT molecular complexity index is 278. The first-order valence-corrected chi connectivity index (χ1v) is 4.97. The van der Waals surface area contributed by atoms with E-state index in [2.05, 4.69) is 4.98 Å². The van der Waals surface area contributed by atoms with Gasteiger partial charge in [-0.1, -0.05) is 0 Å². The molecule has 1 unspecified atom stereocenters. The molecule has 0 radical (unpaired) electrons. The van der Waals surface area contributed by atoms with Crippen molar-refractivity contribution in [3.8, 4) is 0 Å². The molecule has 0 saturated carbocycles. The van der Waals surface area contributed by atoms with Crippen LogP contribution in [0.2, 0.25) is 0 Å². The Morgan fingerprint density at radius 1 is 1.75 bits per heavy atom. The number of nitrogens with zero attached hydrogens (tertiary/aromatic N) is 1. The van der Waals surface area contributed by atoms with Crippen molar-refractivity contribution in [1.82, 2.24) is 4.98 Å². The summed E-state index contributed by atoms with van der Waals surface area (Å²) in [5.74, 6) is 1.88. The number of rotatable bonds is 2. The summed E-state index contributed by atoms with van der Waals surface area (Å²) >= 11 is 1.85. The molecule has 1 atom stereocenters. The van der Waals surface area contributed by atoms with Crippen molar-refractivity contribution in [3.63, 3.8) is 0 Å². The number of aldehydes is 1. The van der Waals surface area contributed by atoms with E-state index in [0.717, 1.165) is 6.42 Å². The Hall–Kier alpha value is -0.770. The molecule has 1 aromatic rings. The number of hydrogen-bond donors (Lipinski definition) is 0. The number of hydrogen-bond acceptors (Lipinski definition) is 4. The van der Waals surface area contributed by atoms with Gasteiger partial charge in [0.15, 0.2) is 6.29 Å². The summed E-state index contributed by atoms with van der Waals surface area (Å²) in [6, 6.07) is 0. The van der Waals surface area contributed by atoms with Crippen molar-refractivity contribution in [1.29, 1.82) is 0 Å². The fraction of sp³-hybridized carbons (Fsp3) is 0.500. The highest BCUT2D eigenvalue weighted by Crippen LogP contribution is 2.38. The van der Waals surface area contributed by atoms with Crippen LogP contribution < -0.4 is 0 Å². The monoisotopic (exact) mass is 183 g/mol. The molecule has 1 saturated heterocycles. The third kappa shape index (κ3) is 1.39. The first-order chi connectivity index (χ1) is 5.90. The predicted octanol–water partition coefficient (Wildman–Crippen LogP) is 2.06. The van der Waals surface area contributed by atoms with Gasteiger partial charge in [0, 0.05) is 0 Å². The van der Waals surface area contributed by atoms with Crippen LogP contribution in [0.4, 0.5) is 0 Å². The quantitative estimate of drug-likeness (QED) is 0.658. The van der Waals surface area contributed by atoms with Crippen LogP contribution in [-0.4, -0.2) is 17.0 Å². The highest BCUT2D eigenvalue weighted by molar-refractivity contribution is 7.99. The minimum absolute atomic E-state index is 0.374. The van der Waals surface area contributed by atoms with E-state index in [0.29, 0.717) is 23.1 Å². The lowest BCUT2D eigenvalue weighted by atomic mass is 10.2. The molecule has 3 nitrogen and oxygen atoms in total. The van der Waals surface area contributed by atoms with E-state index in [1.807, 2.05) is 11.8 Å². The van der Waals surface area contributed by atoms with Crippen molar-refractivity contribution in [3.05, 3.63) is 17.8 Å². The van der Waals surface area contributed by atoms with Crippen molar-refractivity contribution in [2.45, 2.75) is 18.1 Å². The lowest BCUT2D eigenvalue weighted by Gasteiger charge is -1.99. The zero-order valence-corrected chi connectivity index (χ0v) is 7.34. The molecular formula is C8H9NO2S. The molecule has 2 heterocycles. The SMILES string of the molecule is O=Cc1coc(C2CCCS2)n1. The van der Waals surface area contributed by atoms with Crippen molar-refractivity contribution in [2.24, 2.45) is 0 Å². The van der Waals surface area contributed by atoms with Gasteiger partial charge in [0.2, 0.25) is 5.89 Å². The molecule has 1 aliphatic heterocycles. The molecule has 1 fully saturated rings. The zero-order valence-electron chi connectivity index (χ0n) is 6.53. The van der Waals surface area contributed by atoms with Gasteiger partial charge in [-0.15, -0.1) is 11.8 Å². The number of carbonyl (C=O) groups is 1. The summed E-state index contributed by atoms with van der Waals surface area (Å²) in [7, 11) is 0. The van der Waals surface area contributed by atoms with Gasteiger partial charge < -0.3 is 4.42 Å². The Morgan fingerprint density at radius 2 is 2.67 bits per heavy atom. The van der Waals surface area contributed by atoms with E-state index in [4.69, 9.17) is 4.42 Å². The van der Waals surface area contributed by atoms with Crippen LogP contribution in [-0.2, 0) is 0 Å². The van der Waals surface area contributed by atoms with Gasteiger partial charge in [-0.3, -0.25) is 4.79 Å². The van der Waals surface area contributed by atoms with Gasteiger partial charge in [-0.25, -0.2) is 4.98 Å². The maximum atomic E-state index is 10.3. The highest BCUT2D eigenvalue weighted by atomic mass is 32.2. The topological polar surface area (TPSA) is 43.1 Å². The molecule has 0 spiro atoms. The van der Waals surface area contributed by atoms with Gasteiger partial charge in [0.1, 0.15) is 12.0 Å². The highest BCUT2D eigenvalue weighted by Gasteiger charge is 2.22. The molecule has 64 valence electrons. The molecular weight excluding hydrogens is 174 g/mol. The number of oxazole rings is 1. The summed E-state index contributed by atoms with van der Waals surface area (Å²) in [6.45, 7) is 0. The van der Waals surface area contributed by atoms with Crippen LogP contribution in [0.25, 0.3) is 0 Å². The summed E-state index contributed by atoms with van der Waals surface area (Å²) in [5.41, 5.74) is 0.400. The molecule has 1 aromatic heterocycles.